The molecule has 0 unspecified atom stereocenters. The smallest absolute Gasteiger partial charge is 0.122 e. The van der Waals surface area contributed by atoms with E-state index in [1.807, 2.05) is 18.2 Å². The predicted molar refractivity (Wildman–Crippen MR) is 91.4 cm³/mol. The van der Waals surface area contributed by atoms with Crippen molar-refractivity contribution >= 4 is 11.3 Å². The highest BCUT2D eigenvalue weighted by Crippen LogP contribution is 2.16. The number of benzene rings is 1. The van der Waals surface area contributed by atoms with Gasteiger partial charge in [0.1, 0.15) is 12.4 Å². The summed E-state index contributed by atoms with van der Waals surface area (Å²) in [6.45, 7) is 5.61. The van der Waals surface area contributed by atoms with E-state index in [1.165, 1.54) is 10.4 Å². The highest BCUT2D eigenvalue weighted by atomic mass is 32.1. The number of hydrogen-bond acceptors (Lipinski definition) is 5. The molecular formula is C17H24N2O2S. The summed E-state index contributed by atoms with van der Waals surface area (Å²) in [5.41, 5.74) is 1.24. The maximum Gasteiger partial charge on any atom is 0.122 e. The lowest BCUT2D eigenvalue weighted by Crippen LogP contribution is -2.31. The van der Waals surface area contributed by atoms with Crippen LogP contribution in [0.5, 0.6) is 5.75 Å². The van der Waals surface area contributed by atoms with Crippen LogP contribution in [0.2, 0.25) is 0 Å². The highest BCUT2D eigenvalue weighted by Gasteiger charge is 1.98. The van der Waals surface area contributed by atoms with E-state index in [0.29, 0.717) is 13.2 Å². The van der Waals surface area contributed by atoms with Crippen LogP contribution in [0, 0.1) is 0 Å². The summed E-state index contributed by atoms with van der Waals surface area (Å²) in [7, 11) is 0. The molecule has 5 heteroatoms. The molecule has 0 saturated carbocycles. The Morgan fingerprint density at radius 3 is 2.59 bits per heavy atom. The van der Waals surface area contributed by atoms with Gasteiger partial charge in [-0.05, 0) is 36.1 Å². The first-order valence-corrected chi connectivity index (χ1v) is 8.45. The molecule has 120 valence electrons. The van der Waals surface area contributed by atoms with Crippen LogP contribution in [-0.4, -0.2) is 30.8 Å². The first-order valence-electron chi connectivity index (χ1n) is 7.57. The minimum absolute atomic E-state index is 0.290. The molecule has 0 aliphatic carbocycles. The zero-order valence-corrected chi connectivity index (χ0v) is 13.7. The summed E-state index contributed by atoms with van der Waals surface area (Å²) in [4.78, 5) is 1.23. The van der Waals surface area contributed by atoms with E-state index < -0.39 is 0 Å². The molecule has 2 aromatic rings. The lowest BCUT2D eigenvalue weighted by atomic mass is 10.2. The third-order valence-electron chi connectivity index (χ3n) is 3.13. The van der Waals surface area contributed by atoms with Crippen molar-refractivity contribution in [3.63, 3.8) is 0 Å². The standard InChI is InChI=1S/C17H24N2O2S/c1-14(20)11-18-8-9-19-12-15-4-6-16(7-5-15)21-13-17-3-2-10-22-17/h2-7,10,14,18-20H,8-9,11-13H2,1H3/t14-/m0/s1. The average Bonchev–Trinajstić information content (AvgIpc) is 3.03. The van der Waals surface area contributed by atoms with E-state index in [9.17, 15) is 0 Å². The summed E-state index contributed by atoms with van der Waals surface area (Å²) >= 11 is 1.71. The van der Waals surface area contributed by atoms with Crippen LogP contribution >= 0.6 is 11.3 Å². The topological polar surface area (TPSA) is 53.5 Å². The van der Waals surface area contributed by atoms with Crippen molar-refractivity contribution in [2.24, 2.45) is 0 Å². The SMILES string of the molecule is C[C@H](O)CNCCNCc1ccc(OCc2cccs2)cc1. The lowest BCUT2D eigenvalue weighted by Gasteiger charge is -2.09. The summed E-state index contributed by atoms with van der Waals surface area (Å²) in [5, 5.41) is 17.7. The number of aliphatic hydroxyl groups excluding tert-OH is 1. The Morgan fingerprint density at radius 2 is 1.91 bits per heavy atom. The van der Waals surface area contributed by atoms with Gasteiger partial charge in [-0.3, -0.25) is 0 Å². The number of rotatable bonds is 10. The molecule has 1 atom stereocenters. The van der Waals surface area contributed by atoms with Crippen LogP contribution in [0.25, 0.3) is 0 Å². The quantitative estimate of drug-likeness (QED) is 0.588. The Kier molecular flexibility index (Phi) is 7.39. The Hall–Kier alpha value is -1.40. The van der Waals surface area contributed by atoms with Gasteiger partial charge in [-0.15, -0.1) is 11.3 Å². The molecule has 1 aromatic heterocycles. The highest BCUT2D eigenvalue weighted by molar-refractivity contribution is 7.09. The Bertz CT molecular complexity index is 512. The van der Waals surface area contributed by atoms with E-state index in [1.54, 1.807) is 18.3 Å². The van der Waals surface area contributed by atoms with E-state index in [-0.39, 0.29) is 6.10 Å². The third-order valence-corrected chi connectivity index (χ3v) is 3.98. The second-order valence-corrected chi connectivity index (χ2v) is 6.27. The van der Waals surface area contributed by atoms with Gasteiger partial charge in [-0.25, -0.2) is 0 Å². The van der Waals surface area contributed by atoms with Crippen molar-refractivity contribution < 1.29 is 9.84 Å². The summed E-state index contributed by atoms with van der Waals surface area (Å²) in [5.74, 6) is 0.899. The molecule has 0 radical (unpaired) electrons. The van der Waals surface area contributed by atoms with Crippen LogP contribution in [-0.2, 0) is 13.2 Å². The summed E-state index contributed by atoms with van der Waals surface area (Å²) in [6.07, 6.45) is -0.290. The second kappa shape index (κ2) is 9.58. The van der Waals surface area contributed by atoms with Gasteiger partial charge in [-0.1, -0.05) is 18.2 Å². The molecule has 0 spiro atoms. The maximum atomic E-state index is 9.12. The normalized spacial score (nSPS) is 12.3. The lowest BCUT2D eigenvalue weighted by molar-refractivity contribution is 0.191. The summed E-state index contributed by atoms with van der Waals surface area (Å²) in [6, 6.07) is 12.3. The zero-order chi connectivity index (χ0) is 15.6. The van der Waals surface area contributed by atoms with Crippen LogP contribution in [0.1, 0.15) is 17.4 Å². The van der Waals surface area contributed by atoms with Crippen molar-refractivity contribution in [1.82, 2.24) is 10.6 Å². The van der Waals surface area contributed by atoms with E-state index >= 15 is 0 Å². The van der Waals surface area contributed by atoms with E-state index in [4.69, 9.17) is 9.84 Å². The molecule has 2 rings (SSSR count). The van der Waals surface area contributed by atoms with Crippen LogP contribution in [0.15, 0.2) is 41.8 Å². The van der Waals surface area contributed by atoms with Gasteiger partial charge >= 0.3 is 0 Å². The molecular weight excluding hydrogens is 296 g/mol. The second-order valence-electron chi connectivity index (χ2n) is 5.24. The number of hydrogen-bond donors (Lipinski definition) is 3. The first-order chi connectivity index (χ1) is 10.7. The predicted octanol–water partition coefficient (Wildman–Crippen LogP) is 2.39. The van der Waals surface area contributed by atoms with Crippen molar-refractivity contribution in [2.75, 3.05) is 19.6 Å². The van der Waals surface area contributed by atoms with Gasteiger partial charge in [-0.2, -0.15) is 0 Å². The minimum Gasteiger partial charge on any atom is -0.488 e. The Labute approximate surface area is 136 Å². The molecule has 0 fully saturated rings. The van der Waals surface area contributed by atoms with E-state index in [0.717, 1.165) is 25.4 Å². The van der Waals surface area contributed by atoms with E-state index in [2.05, 4.69) is 34.2 Å². The molecule has 1 heterocycles. The fraction of sp³-hybridized carbons (Fsp3) is 0.412. The fourth-order valence-electron chi connectivity index (χ4n) is 1.97. The molecule has 0 bridgehead atoms. The van der Waals surface area contributed by atoms with Gasteiger partial charge in [0.25, 0.3) is 0 Å². The number of ether oxygens (including phenoxy) is 1. The van der Waals surface area contributed by atoms with Crippen LogP contribution < -0.4 is 15.4 Å². The number of thiophene rings is 1. The molecule has 4 nitrogen and oxygen atoms in total. The maximum absolute atomic E-state index is 9.12. The molecule has 0 saturated heterocycles. The van der Waals surface area contributed by atoms with Crippen molar-refractivity contribution in [1.29, 1.82) is 0 Å². The fourth-order valence-corrected chi connectivity index (χ4v) is 2.59. The van der Waals surface area contributed by atoms with Gasteiger partial charge < -0.3 is 20.5 Å². The first kappa shape index (κ1) is 17.0. The molecule has 22 heavy (non-hydrogen) atoms. The molecule has 0 amide bonds. The number of nitrogens with one attached hydrogen (secondary N) is 2. The summed E-state index contributed by atoms with van der Waals surface area (Å²) < 4.78 is 5.74. The van der Waals surface area contributed by atoms with Crippen molar-refractivity contribution in [3.05, 3.63) is 52.2 Å². The van der Waals surface area contributed by atoms with Gasteiger partial charge in [0.15, 0.2) is 0 Å². The molecule has 1 aromatic carbocycles. The zero-order valence-electron chi connectivity index (χ0n) is 12.9. The van der Waals surface area contributed by atoms with Gasteiger partial charge in [0.2, 0.25) is 0 Å². The molecule has 0 aliphatic heterocycles. The molecule has 0 aliphatic rings. The van der Waals surface area contributed by atoms with Gasteiger partial charge in [0.05, 0.1) is 6.10 Å². The minimum atomic E-state index is -0.290. The Morgan fingerprint density at radius 1 is 1.14 bits per heavy atom. The monoisotopic (exact) mass is 320 g/mol. The van der Waals surface area contributed by atoms with Crippen molar-refractivity contribution in [3.8, 4) is 5.75 Å². The average molecular weight is 320 g/mol. The third kappa shape index (κ3) is 6.58. The van der Waals surface area contributed by atoms with Crippen LogP contribution in [0.4, 0.5) is 0 Å². The van der Waals surface area contributed by atoms with Crippen LogP contribution in [0.3, 0.4) is 0 Å². The van der Waals surface area contributed by atoms with Crippen molar-refractivity contribution in [2.45, 2.75) is 26.2 Å². The van der Waals surface area contributed by atoms with Gasteiger partial charge in [0, 0.05) is 31.1 Å². The largest absolute Gasteiger partial charge is 0.488 e. The Balaban J connectivity index is 1.62. The number of aliphatic hydroxyl groups is 1. The molecule has 3 N–H and O–H groups in total.